The summed E-state index contributed by atoms with van der Waals surface area (Å²) < 4.78 is 13.6. The summed E-state index contributed by atoms with van der Waals surface area (Å²) in [4.78, 5) is 26.3. The zero-order valence-corrected chi connectivity index (χ0v) is 11.3. The van der Waals surface area contributed by atoms with Gasteiger partial charge in [-0.05, 0) is 24.6 Å². The number of carbonyl (C=O) groups is 2. The molecule has 1 heterocycles. The molecule has 0 fully saturated rings. The molecule has 1 amide bonds. The summed E-state index contributed by atoms with van der Waals surface area (Å²) in [6.07, 6.45) is -0.217. The summed E-state index contributed by atoms with van der Waals surface area (Å²) in [5.74, 6) is -2.22. The molecule has 2 N–H and O–H groups in total. The van der Waals surface area contributed by atoms with Gasteiger partial charge in [0, 0.05) is 5.38 Å². The Bertz CT molecular complexity index is 669. The molecule has 0 saturated carbocycles. The normalized spacial score (nSPS) is 10.3. The molecule has 2 rings (SSSR count). The van der Waals surface area contributed by atoms with Crippen molar-refractivity contribution in [1.29, 1.82) is 0 Å². The highest BCUT2D eigenvalue weighted by molar-refractivity contribution is 7.14. The minimum atomic E-state index is -1.00. The first-order chi connectivity index (χ1) is 9.45. The highest BCUT2D eigenvalue weighted by Crippen LogP contribution is 2.18. The lowest BCUT2D eigenvalue weighted by Gasteiger charge is -2.03. The van der Waals surface area contributed by atoms with Crippen molar-refractivity contribution in [3.63, 3.8) is 0 Å². The third-order valence-electron chi connectivity index (χ3n) is 2.47. The van der Waals surface area contributed by atoms with Crippen LogP contribution >= 0.6 is 11.3 Å². The number of carbonyl (C=O) groups excluding carboxylic acids is 1. The lowest BCUT2D eigenvalue weighted by molar-refractivity contribution is -0.136. The van der Waals surface area contributed by atoms with E-state index in [1.165, 1.54) is 17.5 Å². The van der Waals surface area contributed by atoms with E-state index in [9.17, 15) is 14.0 Å². The maximum atomic E-state index is 13.6. The van der Waals surface area contributed by atoms with Crippen LogP contribution in [0.1, 0.15) is 21.6 Å². The number of benzene rings is 1. The van der Waals surface area contributed by atoms with Crippen molar-refractivity contribution < 1.29 is 19.1 Å². The van der Waals surface area contributed by atoms with Gasteiger partial charge in [-0.1, -0.05) is 6.07 Å². The molecule has 0 aliphatic carbocycles. The van der Waals surface area contributed by atoms with Crippen LogP contribution in [-0.4, -0.2) is 22.0 Å². The lowest BCUT2D eigenvalue weighted by Crippen LogP contribution is -2.13. The average Bonchev–Trinajstić information content (AvgIpc) is 2.75. The molecule has 0 radical (unpaired) electrons. The van der Waals surface area contributed by atoms with E-state index in [2.05, 4.69) is 10.3 Å². The number of hydrogen-bond acceptors (Lipinski definition) is 4. The van der Waals surface area contributed by atoms with E-state index >= 15 is 0 Å². The fourth-order valence-corrected chi connectivity index (χ4v) is 2.27. The number of halogens is 1. The monoisotopic (exact) mass is 294 g/mol. The van der Waals surface area contributed by atoms with Gasteiger partial charge in [-0.15, -0.1) is 11.3 Å². The van der Waals surface area contributed by atoms with Crippen molar-refractivity contribution in [2.45, 2.75) is 13.3 Å². The standard InChI is InChI=1S/C13H11FN2O3S/c1-7-2-3-9(10(14)4-7)12(19)16-13-15-8(6-20-13)5-11(17)18/h2-4,6H,5H2,1H3,(H,17,18)(H,15,16,19). The van der Waals surface area contributed by atoms with Crippen LogP contribution in [0.2, 0.25) is 0 Å². The number of carboxylic acids is 1. The molecule has 0 aliphatic rings. The number of hydrogen-bond donors (Lipinski definition) is 2. The summed E-state index contributed by atoms with van der Waals surface area (Å²) >= 11 is 1.09. The predicted octanol–water partition coefficient (Wildman–Crippen LogP) is 2.47. The molecular weight excluding hydrogens is 283 g/mol. The van der Waals surface area contributed by atoms with Crippen LogP contribution in [0.15, 0.2) is 23.6 Å². The van der Waals surface area contributed by atoms with Gasteiger partial charge in [0.05, 0.1) is 17.7 Å². The Morgan fingerprint density at radius 2 is 2.20 bits per heavy atom. The minimum Gasteiger partial charge on any atom is -0.481 e. The number of nitrogens with one attached hydrogen (secondary N) is 1. The highest BCUT2D eigenvalue weighted by Gasteiger charge is 2.14. The van der Waals surface area contributed by atoms with Crippen LogP contribution in [0.3, 0.4) is 0 Å². The summed E-state index contributed by atoms with van der Waals surface area (Å²) in [5.41, 5.74) is 0.991. The van der Waals surface area contributed by atoms with Gasteiger partial charge in [0.2, 0.25) is 0 Å². The van der Waals surface area contributed by atoms with Crippen LogP contribution < -0.4 is 5.32 Å². The predicted molar refractivity (Wildman–Crippen MR) is 72.5 cm³/mol. The first kappa shape index (κ1) is 14.1. The van der Waals surface area contributed by atoms with Gasteiger partial charge in [-0.2, -0.15) is 0 Å². The molecule has 5 nitrogen and oxygen atoms in total. The lowest BCUT2D eigenvalue weighted by atomic mass is 10.1. The van der Waals surface area contributed by atoms with E-state index in [-0.39, 0.29) is 17.1 Å². The van der Waals surface area contributed by atoms with Crippen LogP contribution in [-0.2, 0) is 11.2 Å². The molecule has 0 spiro atoms. The molecule has 0 bridgehead atoms. The Morgan fingerprint density at radius 3 is 2.85 bits per heavy atom. The van der Waals surface area contributed by atoms with Crippen LogP contribution in [0.4, 0.5) is 9.52 Å². The summed E-state index contributed by atoms with van der Waals surface area (Å²) in [6, 6.07) is 4.30. The van der Waals surface area contributed by atoms with Crippen molar-refractivity contribution >= 4 is 28.3 Å². The van der Waals surface area contributed by atoms with Crippen molar-refractivity contribution in [3.05, 3.63) is 46.2 Å². The van der Waals surface area contributed by atoms with Crippen molar-refractivity contribution in [2.24, 2.45) is 0 Å². The number of aromatic nitrogens is 1. The molecule has 2 aromatic rings. The van der Waals surface area contributed by atoms with Gasteiger partial charge in [-0.25, -0.2) is 9.37 Å². The van der Waals surface area contributed by atoms with E-state index in [0.29, 0.717) is 5.69 Å². The van der Waals surface area contributed by atoms with E-state index in [0.717, 1.165) is 16.9 Å². The number of nitrogens with zero attached hydrogens (tertiary/aromatic N) is 1. The quantitative estimate of drug-likeness (QED) is 0.908. The Morgan fingerprint density at radius 1 is 1.45 bits per heavy atom. The van der Waals surface area contributed by atoms with E-state index in [4.69, 9.17) is 5.11 Å². The summed E-state index contributed by atoms with van der Waals surface area (Å²) in [6.45, 7) is 1.73. The molecule has 0 atom stereocenters. The molecular formula is C13H11FN2O3S. The fourth-order valence-electron chi connectivity index (χ4n) is 1.57. The second kappa shape index (κ2) is 5.79. The second-order valence-electron chi connectivity index (χ2n) is 4.15. The van der Waals surface area contributed by atoms with E-state index in [1.807, 2.05) is 0 Å². The number of anilines is 1. The van der Waals surface area contributed by atoms with Crippen LogP contribution in [0.25, 0.3) is 0 Å². The third-order valence-corrected chi connectivity index (χ3v) is 3.28. The minimum absolute atomic E-state index is 0.0782. The van der Waals surface area contributed by atoms with E-state index < -0.39 is 17.7 Å². The van der Waals surface area contributed by atoms with Gasteiger partial charge in [0.1, 0.15) is 5.82 Å². The van der Waals surface area contributed by atoms with Gasteiger partial charge in [0.15, 0.2) is 5.13 Å². The molecule has 1 aromatic carbocycles. The van der Waals surface area contributed by atoms with Crippen LogP contribution in [0.5, 0.6) is 0 Å². The number of amides is 1. The van der Waals surface area contributed by atoms with Crippen molar-refractivity contribution in [3.8, 4) is 0 Å². The number of aryl methyl sites for hydroxylation is 1. The van der Waals surface area contributed by atoms with Gasteiger partial charge in [-0.3, -0.25) is 14.9 Å². The average molecular weight is 294 g/mol. The summed E-state index contributed by atoms with van der Waals surface area (Å²) in [7, 11) is 0. The highest BCUT2D eigenvalue weighted by atomic mass is 32.1. The van der Waals surface area contributed by atoms with Crippen molar-refractivity contribution in [1.82, 2.24) is 4.98 Å². The third kappa shape index (κ3) is 3.39. The molecule has 20 heavy (non-hydrogen) atoms. The Kier molecular flexibility index (Phi) is 4.09. The number of thiazole rings is 1. The van der Waals surface area contributed by atoms with Gasteiger partial charge < -0.3 is 5.11 Å². The van der Waals surface area contributed by atoms with Crippen LogP contribution in [0, 0.1) is 12.7 Å². The maximum absolute atomic E-state index is 13.6. The Hall–Kier alpha value is -2.28. The zero-order valence-electron chi connectivity index (χ0n) is 10.5. The fraction of sp³-hybridized carbons (Fsp3) is 0.154. The molecule has 0 unspecified atom stereocenters. The second-order valence-corrected chi connectivity index (χ2v) is 5.01. The maximum Gasteiger partial charge on any atom is 0.309 e. The molecule has 7 heteroatoms. The number of carboxylic acid groups (broad SMARTS) is 1. The number of aliphatic carboxylic acids is 1. The molecule has 0 aliphatic heterocycles. The van der Waals surface area contributed by atoms with Crippen molar-refractivity contribution in [2.75, 3.05) is 5.32 Å². The first-order valence-corrected chi connectivity index (χ1v) is 6.57. The Labute approximate surface area is 118 Å². The smallest absolute Gasteiger partial charge is 0.309 e. The largest absolute Gasteiger partial charge is 0.481 e. The zero-order chi connectivity index (χ0) is 14.7. The number of rotatable bonds is 4. The van der Waals surface area contributed by atoms with Gasteiger partial charge >= 0.3 is 5.97 Å². The summed E-state index contributed by atoms with van der Waals surface area (Å²) in [5, 5.41) is 12.9. The topological polar surface area (TPSA) is 79.3 Å². The SMILES string of the molecule is Cc1ccc(C(=O)Nc2nc(CC(=O)O)cs2)c(F)c1. The van der Waals surface area contributed by atoms with E-state index in [1.54, 1.807) is 13.0 Å². The first-order valence-electron chi connectivity index (χ1n) is 5.69. The molecule has 1 aromatic heterocycles. The molecule has 0 saturated heterocycles. The van der Waals surface area contributed by atoms with Gasteiger partial charge in [0.25, 0.3) is 5.91 Å². The Balaban J connectivity index is 2.11. The molecule has 104 valence electrons.